The van der Waals surface area contributed by atoms with E-state index in [2.05, 4.69) is 0 Å². The molecule has 1 fully saturated rings. The summed E-state index contributed by atoms with van der Waals surface area (Å²) in [5, 5.41) is 0. The van der Waals surface area contributed by atoms with Crippen molar-refractivity contribution in [2.75, 3.05) is 13.1 Å². The Morgan fingerprint density at radius 1 is 1.45 bits per heavy atom. The quantitative estimate of drug-likeness (QED) is 0.905. The molecule has 0 radical (unpaired) electrons. The zero-order chi connectivity index (χ0) is 14.9. The van der Waals surface area contributed by atoms with E-state index in [1.54, 1.807) is 6.92 Å². The molecule has 1 saturated heterocycles. The van der Waals surface area contributed by atoms with Crippen LogP contribution in [0.4, 0.5) is 4.39 Å². The third kappa shape index (κ3) is 2.83. The SMILES string of the molecule is Cc1ccc(F)c(S(=O)(=O)N2CCC[C@H](C(N)=O)C2)c1. The molecule has 1 aromatic rings. The summed E-state index contributed by atoms with van der Waals surface area (Å²) in [7, 11) is -3.93. The predicted octanol–water partition coefficient (Wildman–Crippen LogP) is 1.02. The van der Waals surface area contributed by atoms with Crippen LogP contribution in [0, 0.1) is 18.7 Å². The Balaban J connectivity index is 2.35. The van der Waals surface area contributed by atoms with Crippen molar-refractivity contribution in [3.8, 4) is 0 Å². The van der Waals surface area contributed by atoms with Crippen LogP contribution in [-0.2, 0) is 14.8 Å². The van der Waals surface area contributed by atoms with Crippen LogP contribution in [-0.4, -0.2) is 31.7 Å². The fraction of sp³-hybridized carbons (Fsp3) is 0.462. The first-order chi connectivity index (χ1) is 9.32. The molecule has 0 unspecified atom stereocenters. The number of carbonyl (C=O) groups is 1. The number of primary amides is 1. The number of amides is 1. The molecular weight excluding hydrogens is 283 g/mol. The summed E-state index contributed by atoms with van der Waals surface area (Å²) >= 11 is 0. The highest BCUT2D eigenvalue weighted by Crippen LogP contribution is 2.25. The Kier molecular flexibility index (Phi) is 4.10. The van der Waals surface area contributed by atoms with E-state index < -0.39 is 27.7 Å². The van der Waals surface area contributed by atoms with E-state index in [0.29, 0.717) is 18.4 Å². The number of hydrogen-bond acceptors (Lipinski definition) is 3. The highest BCUT2D eigenvalue weighted by Gasteiger charge is 2.33. The van der Waals surface area contributed by atoms with E-state index in [1.807, 2.05) is 0 Å². The monoisotopic (exact) mass is 300 g/mol. The number of sulfonamides is 1. The third-order valence-corrected chi connectivity index (χ3v) is 5.37. The maximum Gasteiger partial charge on any atom is 0.246 e. The Labute approximate surface area is 117 Å². The van der Waals surface area contributed by atoms with Crippen LogP contribution in [0.25, 0.3) is 0 Å². The van der Waals surface area contributed by atoms with E-state index in [0.717, 1.165) is 10.4 Å². The number of nitrogens with zero attached hydrogens (tertiary/aromatic N) is 1. The van der Waals surface area contributed by atoms with Gasteiger partial charge in [-0.1, -0.05) is 6.07 Å². The maximum atomic E-state index is 13.8. The van der Waals surface area contributed by atoms with E-state index in [-0.39, 0.29) is 18.0 Å². The zero-order valence-corrected chi connectivity index (χ0v) is 12.0. The van der Waals surface area contributed by atoms with E-state index in [1.165, 1.54) is 12.1 Å². The highest BCUT2D eigenvalue weighted by molar-refractivity contribution is 7.89. The summed E-state index contributed by atoms with van der Waals surface area (Å²) in [5.41, 5.74) is 5.89. The molecule has 1 aliphatic heterocycles. The average molecular weight is 300 g/mol. The summed E-state index contributed by atoms with van der Waals surface area (Å²) in [4.78, 5) is 10.9. The number of carbonyl (C=O) groups excluding carboxylic acids is 1. The van der Waals surface area contributed by atoms with Crippen molar-refractivity contribution in [1.29, 1.82) is 0 Å². The maximum absolute atomic E-state index is 13.8. The molecule has 0 spiro atoms. The second kappa shape index (κ2) is 5.49. The third-order valence-electron chi connectivity index (χ3n) is 3.49. The number of piperidine rings is 1. The van der Waals surface area contributed by atoms with Crippen molar-refractivity contribution >= 4 is 15.9 Å². The Bertz CT molecular complexity index is 631. The van der Waals surface area contributed by atoms with Gasteiger partial charge in [0.05, 0.1) is 5.92 Å². The van der Waals surface area contributed by atoms with Crippen molar-refractivity contribution in [1.82, 2.24) is 4.31 Å². The summed E-state index contributed by atoms with van der Waals surface area (Å²) in [6.07, 6.45) is 1.11. The largest absolute Gasteiger partial charge is 0.369 e. The van der Waals surface area contributed by atoms with Gasteiger partial charge in [0.15, 0.2) is 0 Å². The molecular formula is C13H17FN2O3S. The van der Waals surface area contributed by atoms with Gasteiger partial charge in [-0.2, -0.15) is 4.31 Å². The minimum atomic E-state index is -3.93. The molecule has 1 heterocycles. The number of hydrogen-bond donors (Lipinski definition) is 1. The fourth-order valence-electron chi connectivity index (χ4n) is 2.34. The van der Waals surface area contributed by atoms with E-state index in [4.69, 9.17) is 5.73 Å². The first-order valence-electron chi connectivity index (χ1n) is 6.38. The van der Waals surface area contributed by atoms with Gasteiger partial charge in [0.2, 0.25) is 15.9 Å². The molecule has 20 heavy (non-hydrogen) atoms. The van der Waals surface area contributed by atoms with Crippen LogP contribution >= 0.6 is 0 Å². The molecule has 5 nitrogen and oxygen atoms in total. The van der Waals surface area contributed by atoms with Gasteiger partial charge in [-0.15, -0.1) is 0 Å². The van der Waals surface area contributed by atoms with Crippen LogP contribution in [0.1, 0.15) is 18.4 Å². The Hall–Kier alpha value is -1.47. The van der Waals surface area contributed by atoms with Gasteiger partial charge in [0.25, 0.3) is 0 Å². The van der Waals surface area contributed by atoms with Gasteiger partial charge in [-0.25, -0.2) is 12.8 Å². The summed E-state index contributed by atoms with van der Waals surface area (Å²) in [5.74, 6) is -1.81. The average Bonchev–Trinajstić information content (AvgIpc) is 2.41. The molecule has 1 atom stereocenters. The lowest BCUT2D eigenvalue weighted by molar-refractivity contribution is -0.122. The van der Waals surface area contributed by atoms with Crippen LogP contribution < -0.4 is 5.73 Å². The van der Waals surface area contributed by atoms with Gasteiger partial charge in [-0.05, 0) is 37.5 Å². The van der Waals surface area contributed by atoms with Gasteiger partial charge in [0, 0.05) is 13.1 Å². The second-order valence-corrected chi connectivity index (χ2v) is 6.94. The smallest absolute Gasteiger partial charge is 0.246 e. The number of halogens is 1. The molecule has 0 saturated carbocycles. The molecule has 2 rings (SSSR count). The van der Waals surface area contributed by atoms with Crippen molar-refractivity contribution in [3.63, 3.8) is 0 Å². The van der Waals surface area contributed by atoms with E-state index in [9.17, 15) is 17.6 Å². The Morgan fingerprint density at radius 2 is 2.15 bits per heavy atom. The molecule has 0 bridgehead atoms. The van der Waals surface area contributed by atoms with Gasteiger partial charge < -0.3 is 5.73 Å². The first kappa shape index (κ1) is 14.9. The summed E-state index contributed by atoms with van der Waals surface area (Å²) in [6, 6.07) is 3.95. The lowest BCUT2D eigenvalue weighted by Crippen LogP contribution is -2.44. The topological polar surface area (TPSA) is 80.5 Å². The second-order valence-electron chi connectivity index (χ2n) is 5.04. The Morgan fingerprint density at radius 3 is 2.80 bits per heavy atom. The molecule has 1 amide bonds. The van der Waals surface area contributed by atoms with Crippen molar-refractivity contribution in [3.05, 3.63) is 29.6 Å². The first-order valence-corrected chi connectivity index (χ1v) is 7.82. The molecule has 0 aromatic heterocycles. The van der Waals surface area contributed by atoms with Crippen LogP contribution in [0.3, 0.4) is 0 Å². The molecule has 7 heteroatoms. The molecule has 1 aliphatic rings. The van der Waals surface area contributed by atoms with Crippen molar-refractivity contribution in [2.24, 2.45) is 11.7 Å². The summed E-state index contributed by atoms with van der Waals surface area (Å²) < 4.78 is 39.8. The summed E-state index contributed by atoms with van der Waals surface area (Å²) in [6.45, 7) is 1.99. The van der Waals surface area contributed by atoms with Gasteiger partial charge in [-0.3, -0.25) is 4.79 Å². The lowest BCUT2D eigenvalue weighted by atomic mass is 9.99. The fourth-order valence-corrected chi connectivity index (χ4v) is 4.01. The number of aryl methyl sites for hydroxylation is 1. The molecule has 110 valence electrons. The van der Waals surface area contributed by atoms with Crippen molar-refractivity contribution < 1.29 is 17.6 Å². The normalized spacial score (nSPS) is 20.8. The molecule has 2 N–H and O–H groups in total. The minimum absolute atomic E-state index is 0.0189. The van der Waals surface area contributed by atoms with Gasteiger partial charge in [0.1, 0.15) is 10.7 Å². The van der Waals surface area contributed by atoms with Crippen LogP contribution in [0.2, 0.25) is 0 Å². The molecule has 1 aromatic carbocycles. The number of rotatable bonds is 3. The number of benzene rings is 1. The lowest BCUT2D eigenvalue weighted by Gasteiger charge is -2.30. The molecule has 0 aliphatic carbocycles. The van der Waals surface area contributed by atoms with Crippen molar-refractivity contribution in [2.45, 2.75) is 24.7 Å². The van der Waals surface area contributed by atoms with Crippen LogP contribution in [0.5, 0.6) is 0 Å². The minimum Gasteiger partial charge on any atom is -0.369 e. The standard InChI is InChI=1S/C13H17FN2O3S/c1-9-4-5-11(14)12(7-9)20(18,19)16-6-2-3-10(8-16)13(15)17/h4-5,7,10H,2-3,6,8H2,1H3,(H2,15,17)/t10-/m0/s1. The predicted molar refractivity (Wildman–Crippen MR) is 71.8 cm³/mol. The van der Waals surface area contributed by atoms with Gasteiger partial charge >= 0.3 is 0 Å². The highest BCUT2D eigenvalue weighted by atomic mass is 32.2. The zero-order valence-electron chi connectivity index (χ0n) is 11.2. The van der Waals surface area contributed by atoms with E-state index >= 15 is 0 Å². The number of nitrogens with two attached hydrogens (primary N) is 1. The van der Waals surface area contributed by atoms with Crippen LogP contribution in [0.15, 0.2) is 23.1 Å².